The molecular weight excluding hydrogens is 207 g/mol. The Kier molecular flexibility index (Phi) is 3.90. The van der Waals surface area contributed by atoms with Crippen molar-refractivity contribution in [3.63, 3.8) is 0 Å². The molecule has 0 aliphatic heterocycles. The molecule has 0 atom stereocenters. The summed E-state index contributed by atoms with van der Waals surface area (Å²) in [7, 11) is 9.09. The topological polar surface area (TPSA) is 0 Å². The van der Waals surface area contributed by atoms with Gasteiger partial charge in [0.15, 0.2) is 0 Å². The molecule has 0 unspecified atom stereocenters. The summed E-state index contributed by atoms with van der Waals surface area (Å²) in [5, 5.41) is 0. The Morgan fingerprint density at radius 2 is 1.50 bits per heavy atom. The van der Waals surface area contributed by atoms with Gasteiger partial charge in [-0.2, -0.15) is 0 Å². The molecule has 4 heavy (non-hydrogen) atoms. The Labute approximate surface area is 44.5 Å². The molecule has 0 bridgehead atoms. The number of rotatable bonds is 0. The SMILES string of the molecule is [Cl][Fe]([Cl])[Br]. The predicted octanol–water partition coefficient (Wildman–Crippen LogP) is 2.22. The van der Waals surface area contributed by atoms with Crippen molar-refractivity contribution in [1.82, 2.24) is 0 Å². The van der Waals surface area contributed by atoms with Gasteiger partial charge in [-0.05, 0) is 0 Å². The van der Waals surface area contributed by atoms with Gasteiger partial charge in [0.05, 0.1) is 0 Å². The van der Waals surface area contributed by atoms with Gasteiger partial charge in [-0.25, -0.2) is 0 Å². The zero-order valence-electron chi connectivity index (χ0n) is 1.49. The maximum atomic E-state index is 5.04. The Morgan fingerprint density at radius 1 is 1.50 bits per heavy atom. The summed E-state index contributed by atoms with van der Waals surface area (Å²) < 4.78 is 0. The van der Waals surface area contributed by atoms with Crippen LogP contribution < -0.4 is 0 Å². The van der Waals surface area contributed by atoms with Crippen molar-refractivity contribution >= 4 is 34.3 Å². The molecule has 0 aromatic rings. The molecule has 4 heteroatoms. The molecule has 0 heterocycles. The van der Waals surface area contributed by atoms with Gasteiger partial charge in [-0.3, -0.25) is 0 Å². The van der Waals surface area contributed by atoms with Crippen molar-refractivity contribution in [2.45, 2.75) is 0 Å². The van der Waals surface area contributed by atoms with E-state index in [0.717, 1.165) is 0 Å². The molecule has 0 saturated carbocycles. The van der Waals surface area contributed by atoms with Crippen LogP contribution in [0.4, 0.5) is 0 Å². The molecule has 0 aliphatic rings. The van der Waals surface area contributed by atoms with Crippen molar-refractivity contribution in [1.29, 1.82) is 0 Å². The molecule has 0 fully saturated rings. The van der Waals surface area contributed by atoms with Crippen LogP contribution in [0.2, 0.25) is 0 Å². The Balaban J connectivity index is 2.32. The first kappa shape index (κ1) is 5.58. The van der Waals surface area contributed by atoms with Crippen molar-refractivity contribution in [3.8, 4) is 0 Å². The van der Waals surface area contributed by atoms with Crippen molar-refractivity contribution in [2.75, 3.05) is 0 Å². The van der Waals surface area contributed by atoms with Crippen LogP contribution in [-0.4, -0.2) is 0 Å². The van der Waals surface area contributed by atoms with Crippen LogP contribution in [0.15, 0.2) is 0 Å². The Morgan fingerprint density at radius 3 is 1.50 bits per heavy atom. The third-order valence-corrected chi connectivity index (χ3v) is 0. The van der Waals surface area contributed by atoms with Gasteiger partial charge >= 0.3 is 44.6 Å². The molecule has 0 aromatic carbocycles. The molecule has 0 aliphatic carbocycles. The van der Waals surface area contributed by atoms with Crippen LogP contribution >= 0.6 is 34.3 Å². The monoisotopic (exact) mass is 205 g/mol. The molecule has 0 rings (SSSR count). The second-order valence-corrected chi connectivity index (χ2v) is 8.37. The third-order valence-electron chi connectivity index (χ3n) is 0. The average Bonchev–Trinajstić information content (AvgIpc) is 0.811. The van der Waals surface area contributed by atoms with E-state index in [4.69, 9.17) is 20.2 Å². The molecule has 0 aromatic heterocycles. The van der Waals surface area contributed by atoms with Crippen LogP contribution in [0, 0.1) is 0 Å². The molecule has 0 spiro atoms. The minimum atomic E-state index is -0.993. The van der Waals surface area contributed by atoms with Crippen molar-refractivity contribution in [3.05, 3.63) is 0 Å². The predicted molar refractivity (Wildman–Crippen MR) is 20.6 cm³/mol. The van der Waals surface area contributed by atoms with Crippen LogP contribution in [0.25, 0.3) is 0 Å². The van der Waals surface area contributed by atoms with Crippen LogP contribution in [-0.2, 0) is 10.3 Å². The number of hydrogen-bond acceptors (Lipinski definition) is 0. The normalized spacial score (nSPS) is 11.2. The second-order valence-electron chi connectivity index (χ2n) is 0.152. The first-order chi connectivity index (χ1) is 1.73. The van der Waals surface area contributed by atoms with Gasteiger partial charge in [-0.1, -0.05) is 0 Å². The Hall–Kier alpha value is 1.58. The van der Waals surface area contributed by atoms with Gasteiger partial charge in [0.1, 0.15) is 0 Å². The number of halogens is 3. The van der Waals surface area contributed by atoms with Gasteiger partial charge < -0.3 is 0 Å². The van der Waals surface area contributed by atoms with E-state index >= 15 is 0 Å². The number of hydrogen-bond donors (Lipinski definition) is 0. The summed E-state index contributed by atoms with van der Waals surface area (Å²) >= 11 is 2.89. The van der Waals surface area contributed by atoms with Crippen LogP contribution in [0.1, 0.15) is 0 Å². The fraction of sp³-hybridized carbons (Fsp3) is 0. The van der Waals surface area contributed by atoms with Crippen LogP contribution in [0.5, 0.6) is 0 Å². The van der Waals surface area contributed by atoms with E-state index in [1.807, 2.05) is 0 Å². The average molecular weight is 207 g/mol. The van der Waals surface area contributed by atoms with Gasteiger partial charge in [0, 0.05) is 0 Å². The minimum absolute atomic E-state index is 0.993. The molecule has 29 valence electrons. The molecule has 0 radical (unpaired) electrons. The molecule has 0 amide bonds. The summed E-state index contributed by atoms with van der Waals surface area (Å²) in [4.78, 5) is 0. The second kappa shape index (κ2) is 2.80. The quantitative estimate of drug-likeness (QED) is 0.534. The molecule has 0 saturated heterocycles. The summed E-state index contributed by atoms with van der Waals surface area (Å²) in [6.45, 7) is 0. The zero-order chi connectivity index (χ0) is 3.58. The van der Waals surface area contributed by atoms with E-state index < -0.39 is 10.3 Å². The first-order valence-corrected chi connectivity index (χ1v) is 6.17. The van der Waals surface area contributed by atoms with Crippen LogP contribution in [0.3, 0.4) is 0 Å². The third kappa shape index (κ3) is 9.55. The van der Waals surface area contributed by atoms with E-state index in [2.05, 4.69) is 14.1 Å². The molecule has 0 N–H and O–H groups in total. The van der Waals surface area contributed by atoms with E-state index in [0.29, 0.717) is 0 Å². The van der Waals surface area contributed by atoms with Gasteiger partial charge in [0.25, 0.3) is 0 Å². The zero-order valence-corrected chi connectivity index (χ0v) is 5.69. The van der Waals surface area contributed by atoms with E-state index in [-0.39, 0.29) is 0 Å². The van der Waals surface area contributed by atoms with Crippen molar-refractivity contribution < 1.29 is 10.3 Å². The Bertz CT molecular complexity index is 10.8. The fourth-order valence-electron chi connectivity index (χ4n) is 0. The standard InChI is InChI=1S/BrH.2ClH.Fe/h3*1H;/q;;;+3/p-3. The summed E-state index contributed by atoms with van der Waals surface area (Å²) in [5.74, 6) is 0. The van der Waals surface area contributed by atoms with E-state index in [9.17, 15) is 0 Å². The van der Waals surface area contributed by atoms with Crippen molar-refractivity contribution in [2.24, 2.45) is 0 Å². The van der Waals surface area contributed by atoms with Gasteiger partial charge in [0.2, 0.25) is 0 Å². The first-order valence-electron chi connectivity index (χ1n) is 0.401. The maximum absolute atomic E-state index is 5.04. The fourth-order valence-corrected chi connectivity index (χ4v) is 0. The molecular formula is BrCl2Fe. The summed E-state index contributed by atoms with van der Waals surface area (Å²) in [6, 6.07) is 0. The van der Waals surface area contributed by atoms with E-state index in [1.54, 1.807) is 0 Å². The summed E-state index contributed by atoms with van der Waals surface area (Å²) in [5.41, 5.74) is 0. The summed E-state index contributed by atoms with van der Waals surface area (Å²) in [6.07, 6.45) is 0. The van der Waals surface area contributed by atoms with Gasteiger partial charge in [-0.15, -0.1) is 0 Å². The van der Waals surface area contributed by atoms with E-state index in [1.165, 1.54) is 0 Å². The molecule has 0 nitrogen and oxygen atoms in total.